The van der Waals surface area contributed by atoms with Crippen molar-refractivity contribution in [2.24, 2.45) is 11.3 Å². The van der Waals surface area contributed by atoms with Crippen LogP contribution in [0.25, 0.3) is 0 Å². The molecular formula is C21H34N2O8. The molecule has 0 aliphatic heterocycles. The van der Waals surface area contributed by atoms with Gasteiger partial charge in [-0.15, -0.1) is 0 Å². The van der Waals surface area contributed by atoms with Gasteiger partial charge < -0.3 is 29.6 Å². The topological polar surface area (TPSA) is 129 Å². The van der Waals surface area contributed by atoms with Crippen molar-refractivity contribution < 1.29 is 38.1 Å². The number of rotatable bonds is 15. The Morgan fingerprint density at radius 3 is 1.77 bits per heavy atom. The van der Waals surface area contributed by atoms with E-state index in [1.807, 2.05) is 6.92 Å². The van der Waals surface area contributed by atoms with E-state index in [4.69, 9.17) is 18.9 Å². The SMILES string of the molecule is C=CC(=O)OCCOC(=O)NCCC(C)(C)CC(C)CNC(=O)OCCOC(=O)C=C. The first-order chi connectivity index (χ1) is 14.6. The van der Waals surface area contributed by atoms with E-state index in [2.05, 4.69) is 37.6 Å². The van der Waals surface area contributed by atoms with Gasteiger partial charge in [-0.1, -0.05) is 33.9 Å². The molecule has 0 aromatic rings. The van der Waals surface area contributed by atoms with Crippen LogP contribution in [0.15, 0.2) is 25.3 Å². The Morgan fingerprint density at radius 1 is 0.839 bits per heavy atom. The summed E-state index contributed by atoms with van der Waals surface area (Å²) < 4.78 is 19.2. The van der Waals surface area contributed by atoms with E-state index in [0.29, 0.717) is 19.5 Å². The zero-order valence-corrected chi connectivity index (χ0v) is 18.6. The first-order valence-electron chi connectivity index (χ1n) is 9.99. The third-order valence-electron chi connectivity index (χ3n) is 4.02. The Kier molecular flexibility index (Phi) is 14.2. The van der Waals surface area contributed by atoms with Crippen LogP contribution in [0.1, 0.15) is 33.6 Å². The minimum absolute atomic E-state index is 0.0311. The number of carbonyl (C=O) groups is 4. The lowest BCUT2D eigenvalue weighted by Crippen LogP contribution is -2.33. The average molecular weight is 443 g/mol. The predicted molar refractivity (Wildman–Crippen MR) is 113 cm³/mol. The second-order valence-corrected chi connectivity index (χ2v) is 7.55. The highest BCUT2D eigenvalue weighted by Crippen LogP contribution is 2.28. The van der Waals surface area contributed by atoms with Gasteiger partial charge in [-0.25, -0.2) is 19.2 Å². The lowest BCUT2D eigenvalue weighted by atomic mass is 9.80. The third kappa shape index (κ3) is 16.4. The molecule has 1 unspecified atom stereocenters. The Balaban J connectivity index is 3.93. The summed E-state index contributed by atoms with van der Waals surface area (Å²) in [7, 11) is 0. The molecule has 0 saturated heterocycles. The number of esters is 2. The standard InChI is InChI=1S/C21H34N2O8/c1-6-17(24)28-10-12-30-19(26)22-9-8-21(4,5)14-16(3)15-23-20(27)31-13-11-29-18(25)7-2/h6-7,16H,1-2,8-15H2,3-5H3,(H,22,26)(H,23,27). The Hall–Kier alpha value is -3.04. The van der Waals surface area contributed by atoms with Gasteiger partial charge in [-0.05, 0) is 24.2 Å². The Labute approximate surface area is 183 Å². The molecule has 0 aromatic heterocycles. The van der Waals surface area contributed by atoms with Gasteiger partial charge in [0.15, 0.2) is 0 Å². The third-order valence-corrected chi connectivity index (χ3v) is 4.02. The van der Waals surface area contributed by atoms with Gasteiger partial charge in [0, 0.05) is 25.2 Å². The summed E-state index contributed by atoms with van der Waals surface area (Å²) in [6.45, 7) is 13.4. The maximum Gasteiger partial charge on any atom is 0.407 e. The maximum absolute atomic E-state index is 11.6. The molecule has 0 radical (unpaired) electrons. The van der Waals surface area contributed by atoms with Crippen molar-refractivity contribution in [1.82, 2.24) is 10.6 Å². The quantitative estimate of drug-likeness (QED) is 0.171. The average Bonchev–Trinajstić information content (AvgIpc) is 2.71. The summed E-state index contributed by atoms with van der Waals surface area (Å²) in [6, 6.07) is 0. The second-order valence-electron chi connectivity index (χ2n) is 7.55. The van der Waals surface area contributed by atoms with Crippen molar-refractivity contribution in [2.45, 2.75) is 33.6 Å². The zero-order chi connectivity index (χ0) is 23.7. The highest BCUT2D eigenvalue weighted by atomic mass is 16.6. The number of alkyl carbamates (subject to hydrolysis) is 2. The van der Waals surface area contributed by atoms with E-state index >= 15 is 0 Å². The van der Waals surface area contributed by atoms with Gasteiger partial charge in [0.2, 0.25) is 0 Å². The van der Waals surface area contributed by atoms with Gasteiger partial charge in [0.25, 0.3) is 0 Å². The van der Waals surface area contributed by atoms with E-state index in [-0.39, 0.29) is 37.8 Å². The number of ether oxygens (including phenoxy) is 4. The van der Waals surface area contributed by atoms with Gasteiger partial charge in [0.1, 0.15) is 26.4 Å². The minimum Gasteiger partial charge on any atom is -0.459 e. The van der Waals surface area contributed by atoms with E-state index in [9.17, 15) is 19.2 Å². The van der Waals surface area contributed by atoms with Gasteiger partial charge in [-0.3, -0.25) is 0 Å². The molecule has 0 fully saturated rings. The van der Waals surface area contributed by atoms with Crippen molar-refractivity contribution in [3.05, 3.63) is 25.3 Å². The predicted octanol–water partition coefficient (Wildman–Crippen LogP) is 2.34. The molecule has 0 aliphatic carbocycles. The summed E-state index contributed by atoms with van der Waals surface area (Å²) in [4.78, 5) is 45.0. The number of hydrogen-bond acceptors (Lipinski definition) is 8. The molecule has 0 aliphatic rings. The van der Waals surface area contributed by atoms with E-state index in [1.54, 1.807) is 0 Å². The summed E-state index contributed by atoms with van der Waals surface area (Å²) in [5.41, 5.74) is -0.0866. The van der Waals surface area contributed by atoms with Crippen LogP contribution < -0.4 is 10.6 Å². The van der Waals surface area contributed by atoms with E-state index in [0.717, 1.165) is 18.6 Å². The molecule has 10 heteroatoms. The molecule has 0 rings (SSSR count). The zero-order valence-electron chi connectivity index (χ0n) is 18.6. The molecule has 0 aromatic carbocycles. The molecule has 0 bridgehead atoms. The maximum atomic E-state index is 11.6. The Bertz CT molecular complexity index is 619. The van der Waals surface area contributed by atoms with Crippen molar-refractivity contribution in [1.29, 1.82) is 0 Å². The highest BCUT2D eigenvalue weighted by molar-refractivity contribution is 5.81. The van der Waals surface area contributed by atoms with Crippen LogP contribution >= 0.6 is 0 Å². The van der Waals surface area contributed by atoms with Crippen LogP contribution in [-0.2, 0) is 28.5 Å². The smallest absolute Gasteiger partial charge is 0.407 e. The molecule has 0 spiro atoms. The Morgan fingerprint density at radius 2 is 1.29 bits per heavy atom. The van der Waals surface area contributed by atoms with Crippen molar-refractivity contribution in [3.8, 4) is 0 Å². The molecule has 2 N–H and O–H groups in total. The normalized spacial score (nSPS) is 11.5. The fourth-order valence-electron chi connectivity index (χ4n) is 2.65. The summed E-state index contributed by atoms with van der Waals surface area (Å²) in [5.74, 6) is -0.971. The van der Waals surface area contributed by atoms with Gasteiger partial charge in [0.05, 0.1) is 0 Å². The molecule has 31 heavy (non-hydrogen) atoms. The summed E-state index contributed by atoms with van der Waals surface area (Å²) in [5, 5.41) is 5.32. The monoisotopic (exact) mass is 442 g/mol. The van der Waals surface area contributed by atoms with Crippen LogP contribution in [0, 0.1) is 11.3 Å². The summed E-state index contributed by atoms with van der Waals surface area (Å²) in [6.07, 6.45) is 2.41. The largest absolute Gasteiger partial charge is 0.459 e. The molecule has 10 nitrogen and oxygen atoms in total. The van der Waals surface area contributed by atoms with Crippen LogP contribution in [0.4, 0.5) is 9.59 Å². The molecule has 2 amide bonds. The van der Waals surface area contributed by atoms with Crippen LogP contribution in [0.5, 0.6) is 0 Å². The molecule has 0 heterocycles. The minimum atomic E-state index is -0.582. The first kappa shape index (κ1) is 28.0. The number of nitrogens with one attached hydrogen (secondary N) is 2. The van der Waals surface area contributed by atoms with E-state index in [1.165, 1.54) is 0 Å². The van der Waals surface area contributed by atoms with Crippen LogP contribution in [0.2, 0.25) is 0 Å². The molecule has 1 atom stereocenters. The van der Waals surface area contributed by atoms with Crippen molar-refractivity contribution in [2.75, 3.05) is 39.5 Å². The lowest BCUT2D eigenvalue weighted by Gasteiger charge is -2.28. The fourth-order valence-corrected chi connectivity index (χ4v) is 2.65. The van der Waals surface area contributed by atoms with E-state index < -0.39 is 24.1 Å². The van der Waals surface area contributed by atoms with Gasteiger partial charge in [-0.2, -0.15) is 0 Å². The number of amides is 2. The second kappa shape index (κ2) is 15.8. The van der Waals surface area contributed by atoms with Gasteiger partial charge >= 0.3 is 24.1 Å². The van der Waals surface area contributed by atoms with Crippen molar-refractivity contribution in [3.63, 3.8) is 0 Å². The van der Waals surface area contributed by atoms with Crippen LogP contribution in [-0.4, -0.2) is 63.6 Å². The highest BCUT2D eigenvalue weighted by Gasteiger charge is 2.22. The number of hydrogen-bond donors (Lipinski definition) is 2. The summed E-state index contributed by atoms with van der Waals surface area (Å²) >= 11 is 0. The fraction of sp³-hybridized carbons (Fsp3) is 0.619. The van der Waals surface area contributed by atoms with Crippen molar-refractivity contribution >= 4 is 24.1 Å². The molecule has 0 saturated carbocycles. The molecular weight excluding hydrogens is 408 g/mol. The number of carbonyl (C=O) groups excluding carboxylic acids is 4. The lowest BCUT2D eigenvalue weighted by molar-refractivity contribution is -0.139. The molecule has 176 valence electrons. The van der Waals surface area contributed by atoms with Crippen LogP contribution in [0.3, 0.4) is 0 Å². The first-order valence-corrected chi connectivity index (χ1v) is 9.99.